The fourth-order valence-corrected chi connectivity index (χ4v) is 3.05. The molecule has 0 saturated carbocycles. The van der Waals surface area contributed by atoms with Crippen molar-refractivity contribution in [3.63, 3.8) is 0 Å². The van der Waals surface area contributed by atoms with Gasteiger partial charge >= 0.3 is 12.2 Å². The number of anilines is 1. The van der Waals surface area contributed by atoms with E-state index in [1.54, 1.807) is 45.3 Å². The minimum atomic E-state index is -4.77. The minimum absolute atomic E-state index is 0.0683. The molecule has 1 amide bonds. The Balaban J connectivity index is 1.58. The summed E-state index contributed by atoms with van der Waals surface area (Å²) in [6.07, 6.45) is -4.77. The second-order valence-corrected chi connectivity index (χ2v) is 6.78. The number of hydrogen-bond donors (Lipinski definition) is 0. The zero-order valence-corrected chi connectivity index (χ0v) is 17.2. The number of hydrogen-bond acceptors (Lipinski definition) is 6. The van der Waals surface area contributed by atoms with Crippen molar-refractivity contribution in [1.82, 2.24) is 14.6 Å². The first kappa shape index (κ1) is 21.2. The molecule has 0 N–H and O–H groups in total. The zero-order chi connectivity index (χ0) is 23.0. The highest BCUT2D eigenvalue weighted by Crippen LogP contribution is 2.27. The van der Waals surface area contributed by atoms with E-state index < -0.39 is 12.3 Å². The molecule has 0 spiro atoms. The van der Waals surface area contributed by atoms with Crippen molar-refractivity contribution < 1.29 is 31.9 Å². The lowest BCUT2D eigenvalue weighted by Gasteiger charge is -2.16. The Hall–Kier alpha value is -4.02. The molecule has 2 aromatic heterocycles. The molecular weight excluding hydrogens is 429 g/mol. The molecule has 0 fully saturated rings. The largest absolute Gasteiger partial charge is 0.573 e. The van der Waals surface area contributed by atoms with Gasteiger partial charge < -0.3 is 18.8 Å². The second-order valence-electron chi connectivity index (χ2n) is 6.78. The van der Waals surface area contributed by atoms with Crippen LogP contribution in [0.1, 0.15) is 16.2 Å². The molecule has 32 heavy (non-hydrogen) atoms. The number of ether oxygens (including phenoxy) is 2. The number of oxazole rings is 1. The van der Waals surface area contributed by atoms with Crippen molar-refractivity contribution in [3.8, 4) is 22.9 Å². The molecule has 0 aliphatic heterocycles. The maximum Gasteiger partial charge on any atom is 0.573 e. The number of aryl methyl sites for hydroxylation is 1. The van der Waals surface area contributed by atoms with Gasteiger partial charge in [-0.25, -0.2) is 0 Å². The number of carbonyl (C=O) groups excluding carboxylic acids is 1. The van der Waals surface area contributed by atoms with Gasteiger partial charge in [-0.3, -0.25) is 4.79 Å². The Bertz CT molecular complexity index is 1260. The highest BCUT2D eigenvalue weighted by molar-refractivity contribution is 6.04. The number of alkyl halides is 3. The summed E-state index contributed by atoms with van der Waals surface area (Å²) in [7, 11) is 3.16. The molecule has 0 unspecified atom stereocenters. The monoisotopic (exact) mass is 446 g/mol. The van der Waals surface area contributed by atoms with Gasteiger partial charge in [-0.05, 0) is 55.5 Å². The van der Waals surface area contributed by atoms with Gasteiger partial charge in [-0.1, -0.05) is 0 Å². The standard InChI is InChI=1S/C21H17F3N4O4/c1-12-17(19(29)27(2)14-6-10-15(30-3)11-7-14)31-20-25-18(26-28(12)20)13-4-8-16(9-5-13)32-21(22,23)24/h4-11H,1-3H3. The number of amides is 1. The van der Waals surface area contributed by atoms with Gasteiger partial charge in [0.25, 0.3) is 5.91 Å². The van der Waals surface area contributed by atoms with Gasteiger partial charge in [-0.2, -0.15) is 9.50 Å². The van der Waals surface area contributed by atoms with E-state index in [4.69, 9.17) is 9.15 Å². The maximum atomic E-state index is 12.9. The molecule has 166 valence electrons. The number of benzene rings is 2. The van der Waals surface area contributed by atoms with Crippen LogP contribution >= 0.6 is 0 Å². The Morgan fingerprint density at radius 3 is 2.25 bits per heavy atom. The van der Waals surface area contributed by atoms with Crippen molar-refractivity contribution in [2.75, 3.05) is 19.1 Å². The van der Waals surface area contributed by atoms with Gasteiger partial charge in [0.05, 0.1) is 12.8 Å². The average Bonchev–Trinajstić information content (AvgIpc) is 3.31. The van der Waals surface area contributed by atoms with E-state index in [2.05, 4.69) is 14.8 Å². The van der Waals surface area contributed by atoms with E-state index in [0.29, 0.717) is 22.7 Å². The normalized spacial score (nSPS) is 11.6. The van der Waals surface area contributed by atoms with Gasteiger partial charge in [0.1, 0.15) is 11.5 Å². The van der Waals surface area contributed by atoms with Crippen LogP contribution in [0, 0.1) is 6.92 Å². The minimum Gasteiger partial charge on any atom is -0.497 e. The molecule has 11 heteroatoms. The predicted molar refractivity (Wildman–Crippen MR) is 108 cm³/mol. The summed E-state index contributed by atoms with van der Waals surface area (Å²) in [5, 5.41) is 4.31. The van der Waals surface area contributed by atoms with Crippen molar-refractivity contribution >= 4 is 17.4 Å². The fraction of sp³-hybridized carbons (Fsp3) is 0.190. The predicted octanol–water partition coefficient (Wildman–Crippen LogP) is 4.48. The molecule has 0 atom stereocenters. The van der Waals surface area contributed by atoms with Gasteiger partial charge in [0.15, 0.2) is 5.82 Å². The van der Waals surface area contributed by atoms with Crippen molar-refractivity contribution in [3.05, 3.63) is 60.0 Å². The lowest BCUT2D eigenvalue weighted by molar-refractivity contribution is -0.274. The third-order valence-corrected chi connectivity index (χ3v) is 4.72. The maximum absolute atomic E-state index is 12.9. The highest BCUT2D eigenvalue weighted by atomic mass is 19.4. The molecule has 0 aliphatic rings. The van der Waals surface area contributed by atoms with Gasteiger partial charge in [0.2, 0.25) is 5.76 Å². The molecule has 0 aliphatic carbocycles. The molecular formula is C21H17F3N4O4. The van der Waals surface area contributed by atoms with E-state index in [9.17, 15) is 18.0 Å². The SMILES string of the molecule is COc1ccc(N(C)C(=O)c2oc3nc(-c4ccc(OC(F)(F)F)cc4)nn3c2C)cc1. The van der Waals surface area contributed by atoms with Crippen LogP contribution in [0.4, 0.5) is 18.9 Å². The smallest absolute Gasteiger partial charge is 0.497 e. The lowest BCUT2D eigenvalue weighted by Crippen LogP contribution is -2.26. The second kappa shape index (κ2) is 7.91. The molecule has 0 saturated heterocycles. The first-order chi connectivity index (χ1) is 15.2. The highest BCUT2D eigenvalue weighted by Gasteiger charge is 2.31. The van der Waals surface area contributed by atoms with Crippen LogP contribution < -0.4 is 14.4 Å². The third kappa shape index (κ3) is 4.09. The zero-order valence-electron chi connectivity index (χ0n) is 17.2. The summed E-state index contributed by atoms with van der Waals surface area (Å²) in [5.41, 5.74) is 1.53. The fourth-order valence-electron chi connectivity index (χ4n) is 3.05. The lowest BCUT2D eigenvalue weighted by atomic mass is 10.2. The van der Waals surface area contributed by atoms with Crippen LogP contribution in [-0.2, 0) is 0 Å². The molecule has 2 aromatic carbocycles. The number of carbonyl (C=O) groups is 1. The summed E-state index contributed by atoms with van der Waals surface area (Å²) in [4.78, 5) is 18.6. The van der Waals surface area contributed by atoms with Gasteiger partial charge in [0, 0.05) is 18.3 Å². The van der Waals surface area contributed by atoms with E-state index in [1.165, 1.54) is 21.5 Å². The van der Waals surface area contributed by atoms with Crippen molar-refractivity contribution in [1.29, 1.82) is 0 Å². The van der Waals surface area contributed by atoms with E-state index in [1.807, 2.05) is 0 Å². The van der Waals surface area contributed by atoms with E-state index >= 15 is 0 Å². The third-order valence-electron chi connectivity index (χ3n) is 4.72. The number of halogens is 3. The van der Waals surface area contributed by atoms with Crippen LogP contribution in [0.15, 0.2) is 52.9 Å². The number of fused-ring (bicyclic) bond motifs is 1. The first-order valence-electron chi connectivity index (χ1n) is 9.31. The summed E-state index contributed by atoms with van der Waals surface area (Å²) in [6, 6.07) is 12.1. The molecule has 0 radical (unpaired) electrons. The van der Waals surface area contributed by atoms with Crippen molar-refractivity contribution in [2.24, 2.45) is 0 Å². The van der Waals surface area contributed by atoms with Crippen LogP contribution in [0.3, 0.4) is 0 Å². The topological polar surface area (TPSA) is 82.1 Å². The van der Waals surface area contributed by atoms with Crippen LogP contribution in [0.5, 0.6) is 11.5 Å². The number of methoxy groups -OCH3 is 1. The van der Waals surface area contributed by atoms with Crippen LogP contribution in [0.25, 0.3) is 17.2 Å². The number of aromatic nitrogens is 3. The Morgan fingerprint density at radius 2 is 1.69 bits per heavy atom. The summed E-state index contributed by atoms with van der Waals surface area (Å²) < 4.78 is 52.9. The average molecular weight is 446 g/mol. The molecule has 8 nitrogen and oxygen atoms in total. The Labute approximate surface area is 179 Å². The Kier molecular flexibility index (Phi) is 5.25. The van der Waals surface area contributed by atoms with Crippen LogP contribution in [0.2, 0.25) is 0 Å². The molecule has 2 heterocycles. The summed E-state index contributed by atoms with van der Waals surface area (Å²) in [5.74, 6) is 0.299. The first-order valence-corrected chi connectivity index (χ1v) is 9.31. The van der Waals surface area contributed by atoms with Gasteiger partial charge in [-0.15, -0.1) is 18.3 Å². The summed E-state index contributed by atoms with van der Waals surface area (Å²) >= 11 is 0. The molecule has 4 aromatic rings. The van der Waals surface area contributed by atoms with Crippen molar-refractivity contribution in [2.45, 2.75) is 13.3 Å². The van der Waals surface area contributed by atoms with E-state index in [0.717, 1.165) is 12.1 Å². The number of rotatable bonds is 5. The van der Waals surface area contributed by atoms with Crippen LogP contribution in [-0.4, -0.2) is 41.0 Å². The summed E-state index contributed by atoms with van der Waals surface area (Å²) in [6.45, 7) is 1.66. The van der Waals surface area contributed by atoms with E-state index in [-0.39, 0.29) is 23.2 Å². The quantitative estimate of drug-likeness (QED) is 0.450. The molecule has 0 bridgehead atoms. The molecule has 4 rings (SSSR count). The Morgan fingerprint density at radius 1 is 1.06 bits per heavy atom. The number of nitrogens with zero attached hydrogens (tertiary/aromatic N) is 4.